The highest BCUT2D eigenvalue weighted by atomic mass is 32.2. The second-order valence-corrected chi connectivity index (χ2v) is 7.67. The number of rotatable bonds is 6. The van der Waals surface area contributed by atoms with Crippen molar-refractivity contribution in [2.45, 2.75) is 18.4 Å². The topological polar surface area (TPSA) is 83.6 Å². The molecule has 1 amide bonds. The summed E-state index contributed by atoms with van der Waals surface area (Å²) >= 11 is 0. The first-order valence-corrected chi connectivity index (χ1v) is 9.08. The third-order valence-electron chi connectivity index (χ3n) is 3.80. The fourth-order valence-corrected chi connectivity index (χ4v) is 3.51. The molecule has 1 N–H and O–H groups in total. The number of carbonyl (C=O) groups excluding carboxylic acids is 2. The van der Waals surface area contributed by atoms with Crippen LogP contribution >= 0.6 is 0 Å². The van der Waals surface area contributed by atoms with Crippen molar-refractivity contribution in [2.24, 2.45) is 0 Å². The summed E-state index contributed by atoms with van der Waals surface area (Å²) in [5.41, 5.74) is 1.61. The average molecular weight is 360 g/mol. The van der Waals surface area contributed by atoms with E-state index in [9.17, 15) is 18.0 Å². The molecule has 0 atom stereocenters. The molecule has 0 spiro atoms. The van der Waals surface area contributed by atoms with Gasteiger partial charge in [0.1, 0.15) is 0 Å². The molecular formula is C18H20N2O4S. The molecule has 0 aliphatic heterocycles. The summed E-state index contributed by atoms with van der Waals surface area (Å²) in [5, 5.41) is 2.53. The lowest BCUT2D eigenvalue weighted by molar-refractivity contribution is 0.0961. The maximum absolute atomic E-state index is 12.7. The number of amides is 1. The highest BCUT2D eigenvalue weighted by molar-refractivity contribution is 7.89. The highest BCUT2D eigenvalue weighted by Gasteiger charge is 2.21. The predicted octanol–water partition coefficient (Wildman–Crippen LogP) is 2.07. The van der Waals surface area contributed by atoms with Crippen molar-refractivity contribution < 1.29 is 18.0 Å². The minimum Gasteiger partial charge on any atom is -0.355 e. The van der Waals surface area contributed by atoms with Gasteiger partial charge in [-0.2, -0.15) is 4.31 Å². The number of Topliss-reactive ketones (excluding diaryl/α,β-unsaturated/α-hetero) is 1. The zero-order chi connectivity index (χ0) is 18.6. The highest BCUT2D eigenvalue weighted by Crippen LogP contribution is 2.18. The van der Waals surface area contributed by atoms with E-state index in [1.165, 1.54) is 30.4 Å². The molecule has 2 aromatic rings. The van der Waals surface area contributed by atoms with Crippen LogP contribution in [0.15, 0.2) is 53.4 Å². The number of benzene rings is 2. The lowest BCUT2D eigenvalue weighted by Gasteiger charge is -2.18. The first-order chi connectivity index (χ1) is 11.8. The van der Waals surface area contributed by atoms with E-state index in [1.807, 2.05) is 0 Å². The van der Waals surface area contributed by atoms with E-state index >= 15 is 0 Å². The third-order valence-corrected chi connectivity index (χ3v) is 5.60. The Hall–Kier alpha value is -2.51. The second kappa shape index (κ2) is 7.58. The van der Waals surface area contributed by atoms with E-state index in [0.717, 1.165) is 5.56 Å². The molecule has 0 heterocycles. The van der Waals surface area contributed by atoms with Gasteiger partial charge in [-0.3, -0.25) is 9.59 Å². The van der Waals surface area contributed by atoms with Crippen LogP contribution < -0.4 is 5.32 Å². The van der Waals surface area contributed by atoms with Gasteiger partial charge in [0.15, 0.2) is 5.78 Å². The van der Waals surface area contributed by atoms with Gasteiger partial charge in [-0.05, 0) is 36.8 Å². The monoisotopic (exact) mass is 360 g/mol. The van der Waals surface area contributed by atoms with Crippen LogP contribution in [0.5, 0.6) is 0 Å². The summed E-state index contributed by atoms with van der Waals surface area (Å²) in [6, 6.07) is 12.7. The van der Waals surface area contributed by atoms with Crippen LogP contribution in [0.2, 0.25) is 0 Å². The van der Waals surface area contributed by atoms with E-state index in [0.29, 0.717) is 11.1 Å². The van der Waals surface area contributed by atoms with Crippen LogP contribution in [-0.4, -0.2) is 38.5 Å². The lowest BCUT2D eigenvalue weighted by atomic mass is 10.1. The van der Waals surface area contributed by atoms with Gasteiger partial charge < -0.3 is 5.32 Å². The number of ketones is 1. The number of sulfonamides is 1. The summed E-state index contributed by atoms with van der Waals surface area (Å²) in [5.74, 6) is -0.391. The molecule has 25 heavy (non-hydrogen) atoms. The zero-order valence-corrected chi connectivity index (χ0v) is 15.1. The van der Waals surface area contributed by atoms with Crippen molar-refractivity contribution in [3.8, 4) is 0 Å². The van der Waals surface area contributed by atoms with Gasteiger partial charge in [0.25, 0.3) is 5.91 Å². The van der Waals surface area contributed by atoms with E-state index in [1.54, 1.807) is 43.4 Å². The first kappa shape index (κ1) is 18.8. The van der Waals surface area contributed by atoms with Crippen LogP contribution in [0.1, 0.15) is 33.2 Å². The Balaban J connectivity index is 2.21. The standard InChI is InChI=1S/C18H20N2O4S/c1-13(21)16-5-4-6-17(11-16)25(23,24)20(3)12-14-7-9-15(10-8-14)18(22)19-2/h4-11H,12H2,1-3H3,(H,19,22). The Morgan fingerprint density at radius 1 is 1.04 bits per heavy atom. The maximum Gasteiger partial charge on any atom is 0.251 e. The smallest absolute Gasteiger partial charge is 0.251 e. The second-order valence-electron chi connectivity index (χ2n) is 5.62. The zero-order valence-electron chi connectivity index (χ0n) is 14.3. The molecule has 6 nitrogen and oxygen atoms in total. The molecule has 132 valence electrons. The van der Waals surface area contributed by atoms with Crippen molar-refractivity contribution in [3.05, 3.63) is 65.2 Å². The quantitative estimate of drug-likeness (QED) is 0.800. The van der Waals surface area contributed by atoms with Gasteiger partial charge in [0, 0.05) is 31.8 Å². The largest absolute Gasteiger partial charge is 0.355 e. The molecule has 0 unspecified atom stereocenters. The molecular weight excluding hydrogens is 340 g/mol. The van der Waals surface area contributed by atoms with Crippen LogP contribution in [-0.2, 0) is 16.6 Å². The van der Waals surface area contributed by atoms with Gasteiger partial charge >= 0.3 is 0 Å². The van der Waals surface area contributed by atoms with E-state index in [4.69, 9.17) is 0 Å². The average Bonchev–Trinajstić information content (AvgIpc) is 2.61. The summed E-state index contributed by atoms with van der Waals surface area (Å²) in [6.45, 7) is 1.55. The molecule has 0 saturated heterocycles. The van der Waals surface area contributed by atoms with Gasteiger partial charge in [-0.15, -0.1) is 0 Å². The van der Waals surface area contributed by atoms with Crippen LogP contribution in [0, 0.1) is 0 Å². The van der Waals surface area contributed by atoms with Crippen molar-refractivity contribution >= 4 is 21.7 Å². The van der Waals surface area contributed by atoms with Gasteiger partial charge in [-0.25, -0.2) is 8.42 Å². The summed E-state index contributed by atoms with van der Waals surface area (Å²) in [6.07, 6.45) is 0. The molecule has 0 saturated carbocycles. The van der Waals surface area contributed by atoms with Crippen LogP contribution in [0.3, 0.4) is 0 Å². The first-order valence-electron chi connectivity index (χ1n) is 7.64. The molecule has 2 aromatic carbocycles. The third kappa shape index (κ3) is 4.32. The number of carbonyl (C=O) groups is 2. The Kier molecular flexibility index (Phi) is 5.71. The molecule has 0 aliphatic carbocycles. The molecule has 7 heteroatoms. The van der Waals surface area contributed by atoms with Crippen molar-refractivity contribution in [1.82, 2.24) is 9.62 Å². The van der Waals surface area contributed by atoms with Crippen LogP contribution in [0.4, 0.5) is 0 Å². The molecule has 2 rings (SSSR count). The summed E-state index contributed by atoms with van der Waals surface area (Å²) < 4.78 is 26.6. The minimum atomic E-state index is -3.72. The van der Waals surface area contributed by atoms with Crippen molar-refractivity contribution in [1.29, 1.82) is 0 Å². The molecule has 0 radical (unpaired) electrons. The molecule has 0 bridgehead atoms. The van der Waals surface area contributed by atoms with Gasteiger partial charge in [0.05, 0.1) is 4.90 Å². The Labute approximate surface area is 147 Å². The fourth-order valence-electron chi connectivity index (χ4n) is 2.30. The van der Waals surface area contributed by atoms with E-state index in [-0.39, 0.29) is 23.1 Å². The fraction of sp³-hybridized carbons (Fsp3) is 0.222. The molecule has 0 fully saturated rings. The number of hydrogen-bond acceptors (Lipinski definition) is 4. The normalized spacial score (nSPS) is 11.4. The number of nitrogens with one attached hydrogen (secondary N) is 1. The summed E-state index contributed by atoms with van der Waals surface area (Å²) in [4.78, 5) is 23.1. The minimum absolute atomic E-state index is 0.0738. The van der Waals surface area contributed by atoms with Crippen molar-refractivity contribution in [3.63, 3.8) is 0 Å². The Bertz CT molecular complexity index is 890. The van der Waals surface area contributed by atoms with Crippen molar-refractivity contribution in [2.75, 3.05) is 14.1 Å². The Morgan fingerprint density at radius 2 is 1.68 bits per heavy atom. The SMILES string of the molecule is CNC(=O)c1ccc(CN(C)S(=O)(=O)c2cccc(C(C)=O)c2)cc1. The van der Waals surface area contributed by atoms with Crippen LogP contribution in [0.25, 0.3) is 0 Å². The predicted molar refractivity (Wildman–Crippen MR) is 94.9 cm³/mol. The Morgan fingerprint density at radius 3 is 2.24 bits per heavy atom. The lowest BCUT2D eigenvalue weighted by Crippen LogP contribution is -2.26. The number of hydrogen-bond donors (Lipinski definition) is 1. The molecule has 0 aliphatic rings. The van der Waals surface area contributed by atoms with E-state index in [2.05, 4.69) is 5.32 Å². The molecule has 0 aromatic heterocycles. The summed E-state index contributed by atoms with van der Waals surface area (Å²) in [7, 11) is -0.700. The van der Waals surface area contributed by atoms with E-state index < -0.39 is 10.0 Å². The van der Waals surface area contributed by atoms with Gasteiger partial charge in [0.2, 0.25) is 10.0 Å². The van der Waals surface area contributed by atoms with Gasteiger partial charge in [-0.1, -0.05) is 24.3 Å². The number of nitrogens with zero attached hydrogens (tertiary/aromatic N) is 1. The maximum atomic E-state index is 12.7.